The van der Waals surface area contributed by atoms with Crippen molar-refractivity contribution in [1.29, 1.82) is 0 Å². The Labute approximate surface area is 216 Å². The Balaban J connectivity index is 1.70. The number of thiophene rings is 1. The van der Waals surface area contributed by atoms with E-state index in [1.54, 1.807) is 38.9 Å². The minimum absolute atomic E-state index is 0.133. The van der Waals surface area contributed by atoms with Crippen LogP contribution in [0.1, 0.15) is 39.7 Å². The molecule has 1 atom stereocenters. The number of ether oxygens (including phenoxy) is 3. The highest BCUT2D eigenvalue weighted by Crippen LogP contribution is 2.43. The molecule has 4 rings (SSSR count). The third-order valence-corrected chi connectivity index (χ3v) is 7.58. The lowest BCUT2D eigenvalue weighted by molar-refractivity contribution is 0.102. The predicted molar refractivity (Wildman–Crippen MR) is 148 cm³/mol. The first-order valence-corrected chi connectivity index (χ1v) is 12.7. The number of hydrogen-bond acceptors (Lipinski definition) is 7. The van der Waals surface area contributed by atoms with Crippen LogP contribution in [0, 0.1) is 5.92 Å². The van der Waals surface area contributed by atoms with Crippen LogP contribution in [-0.2, 0) is 12.8 Å². The number of fused-ring (bicyclic) bond motifs is 1. The fourth-order valence-corrected chi connectivity index (χ4v) is 5.80. The van der Waals surface area contributed by atoms with E-state index in [-0.39, 0.29) is 5.91 Å². The summed E-state index contributed by atoms with van der Waals surface area (Å²) in [6.45, 7) is 2.26. The van der Waals surface area contributed by atoms with Crippen LogP contribution >= 0.6 is 11.3 Å². The Bertz CT molecular complexity index is 1260. The summed E-state index contributed by atoms with van der Waals surface area (Å²) in [4.78, 5) is 21.6. The zero-order valence-electron chi connectivity index (χ0n) is 21.7. The van der Waals surface area contributed by atoms with Crippen molar-refractivity contribution in [3.05, 3.63) is 58.0 Å². The van der Waals surface area contributed by atoms with E-state index >= 15 is 0 Å². The van der Waals surface area contributed by atoms with Gasteiger partial charge in [-0.1, -0.05) is 6.92 Å². The number of carbonyl (C=O) groups excluding carboxylic acids is 1. The number of methoxy groups -OCH3 is 3. The van der Waals surface area contributed by atoms with Gasteiger partial charge in [0, 0.05) is 42.1 Å². The molecule has 36 heavy (non-hydrogen) atoms. The van der Waals surface area contributed by atoms with Gasteiger partial charge in [0.1, 0.15) is 5.00 Å². The summed E-state index contributed by atoms with van der Waals surface area (Å²) < 4.78 is 16.5. The molecule has 0 spiro atoms. The monoisotopic (exact) mass is 507 g/mol. The standard InChI is InChI=1S/C28H33N3O4S/c1-17-7-13-21-23(15-17)36-28(24(21)27(32)30-19-9-11-20(12-10-19)31(2)3)29-16-18-8-14-22(33-4)26(35-6)25(18)34-5/h8-12,14,16-17H,7,13,15H2,1-6H3,(H,30,32)/t17-/m0/s1. The van der Waals surface area contributed by atoms with Gasteiger partial charge >= 0.3 is 0 Å². The number of nitrogens with zero attached hydrogens (tertiary/aromatic N) is 2. The second kappa shape index (κ2) is 11.0. The SMILES string of the molecule is COc1ccc(C=Nc2sc3c(c2C(=O)Nc2ccc(N(C)C)cc2)CC[C@H](C)C3)c(OC)c1OC. The predicted octanol–water partition coefficient (Wildman–Crippen LogP) is 5.97. The molecule has 0 radical (unpaired) electrons. The van der Waals surface area contributed by atoms with Gasteiger partial charge in [0.05, 0.1) is 26.9 Å². The van der Waals surface area contributed by atoms with Crippen molar-refractivity contribution in [1.82, 2.24) is 0 Å². The minimum atomic E-state index is -0.133. The number of aliphatic imine (C=N–C) groups is 1. The van der Waals surface area contributed by atoms with Crippen LogP contribution < -0.4 is 24.4 Å². The highest BCUT2D eigenvalue weighted by Gasteiger charge is 2.27. The molecule has 1 amide bonds. The van der Waals surface area contributed by atoms with Gasteiger partial charge in [0.2, 0.25) is 5.75 Å². The Morgan fingerprint density at radius 3 is 2.42 bits per heavy atom. The van der Waals surface area contributed by atoms with Crippen LogP contribution in [0.4, 0.5) is 16.4 Å². The van der Waals surface area contributed by atoms with Crippen molar-refractivity contribution in [2.24, 2.45) is 10.9 Å². The van der Waals surface area contributed by atoms with E-state index in [9.17, 15) is 4.79 Å². The molecule has 0 fully saturated rings. The fraction of sp³-hybridized carbons (Fsp3) is 0.357. The molecular weight excluding hydrogens is 474 g/mol. The number of amides is 1. The Kier molecular flexibility index (Phi) is 7.84. The van der Waals surface area contributed by atoms with Gasteiger partial charge in [-0.25, -0.2) is 4.99 Å². The number of carbonyl (C=O) groups is 1. The molecular formula is C28H33N3O4S. The van der Waals surface area contributed by atoms with Crippen LogP contribution in [0.3, 0.4) is 0 Å². The number of benzene rings is 2. The van der Waals surface area contributed by atoms with Crippen molar-refractivity contribution in [3.63, 3.8) is 0 Å². The van der Waals surface area contributed by atoms with Crippen molar-refractivity contribution >= 4 is 39.8 Å². The quantitative estimate of drug-likeness (QED) is 0.381. The maximum atomic E-state index is 13.5. The summed E-state index contributed by atoms with van der Waals surface area (Å²) in [5.41, 5.74) is 4.34. The van der Waals surface area contributed by atoms with E-state index in [1.165, 1.54) is 4.88 Å². The highest BCUT2D eigenvalue weighted by atomic mass is 32.1. The zero-order valence-corrected chi connectivity index (χ0v) is 22.5. The second-order valence-electron chi connectivity index (χ2n) is 9.11. The largest absolute Gasteiger partial charge is 0.493 e. The second-order valence-corrected chi connectivity index (χ2v) is 10.2. The van der Waals surface area contributed by atoms with E-state index in [0.717, 1.165) is 41.8 Å². The molecule has 1 aliphatic rings. The number of hydrogen-bond donors (Lipinski definition) is 1. The van der Waals surface area contributed by atoms with Gasteiger partial charge in [-0.15, -0.1) is 11.3 Å². The fourth-order valence-electron chi connectivity index (χ4n) is 4.45. The third-order valence-electron chi connectivity index (χ3n) is 6.42. The smallest absolute Gasteiger partial charge is 0.259 e. The summed E-state index contributed by atoms with van der Waals surface area (Å²) in [5.74, 6) is 2.07. The van der Waals surface area contributed by atoms with E-state index < -0.39 is 0 Å². The lowest BCUT2D eigenvalue weighted by Gasteiger charge is -2.18. The molecule has 0 saturated heterocycles. The molecule has 3 aromatic rings. The van der Waals surface area contributed by atoms with Crippen molar-refractivity contribution in [2.75, 3.05) is 45.6 Å². The number of rotatable bonds is 8. The van der Waals surface area contributed by atoms with E-state index in [2.05, 4.69) is 12.2 Å². The van der Waals surface area contributed by atoms with E-state index in [1.807, 2.05) is 55.4 Å². The molecule has 190 valence electrons. The number of nitrogens with one attached hydrogen (secondary N) is 1. The van der Waals surface area contributed by atoms with Crippen LogP contribution in [0.25, 0.3) is 0 Å². The Morgan fingerprint density at radius 1 is 1.06 bits per heavy atom. The zero-order chi connectivity index (χ0) is 25.8. The summed E-state index contributed by atoms with van der Waals surface area (Å²) in [6.07, 6.45) is 4.63. The van der Waals surface area contributed by atoms with Gasteiger partial charge in [-0.05, 0) is 67.1 Å². The molecule has 1 aliphatic carbocycles. The third kappa shape index (κ3) is 5.18. The summed E-state index contributed by atoms with van der Waals surface area (Å²) >= 11 is 1.60. The maximum Gasteiger partial charge on any atom is 0.259 e. The van der Waals surface area contributed by atoms with Crippen molar-refractivity contribution in [3.8, 4) is 17.2 Å². The molecule has 1 N–H and O–H groups in total. The molecule has 0 unspecified atom stereocenters. The van der Waals surface area contributed by atoms with Crippen LogP contribution in [0.15, 0.2) is 41.4 Å². The molecule has 0 saturated carbocycles. The number of anilines is 2. The maximum absolute atomic E-state index is 13.5. The molecule has 2 aromatic carbocycles. The normalized spacial score (nSPS) is 14.9. The molecule has 8 heteroatoms. The molecule has 7 nitrogen and oxygen atoms in total. The summed E-state index contributed by atoms with van der Waals surface area (Å²) in [7, 11) is 8.72. The first kappa shape index (κ1) is 25.6. The Morgan fingerprint density at radius 2 is 1.78 bits per heavy atom. The van der Waals surface area contributed by atoms with Crippen molar-refractivity contribution < 1.29 is 19.0 Å². The van der Waals surface area contributed by atoms with Crippen LogP contribution in [0.2, 0.25) is 0 Å². The highest BCUT2D eigenvalue weighted by molar-refractivity contribution is 7.16. The van der Waals surface area contributed by atoms with Gasteiger partial charge in [-0.3, -0.25) is 4.79 Å². The molecule has 0 aliphatic heterocycles. The lowest BCUT2D eigenvalue weighted by Crippen LogP contribution is -2.17. The van der Waals surface area contributed by atoms with Gasteiger partial charge in [0.25, 0.3) is 5.91 Å². The topological polar surface area (TPSA) is 72.4 Å². The first-order valence-electron chi connectivity index (χ1n) is 11.9. The van der Waals surface area contributed by atoms with Crippen LogP contribution in [0.5, 0.6) is 17.2 Å². The average Bonchev–Trinajstić information content (AvgIpc) is 3.24. The lowest BCUT2D eigenvalue weighted by atomic mass is 9.88. The molecule has 0 bridgehead atoms. The van der Waals surface area contributed by atoms with E-state index in [4.69, 9.17) is 19.2 Å². The summed E-state index contributed by atoms with van der Waals surface area (Å²) in [5, 5.41) is 3.78. The average molecular weight is 508 g/mol. The molecule has 1 heterocycles. The Hall–Kier alpha value is -3.52. The van der Waals surface area contributed by atoms with Crippen molar-refractivity contribution in [2.45, 2.75) is 26.2 Å². The summed E-state index contributed by atoms with van der Waals surface area (Å²) in [6, 6.07) is 11.5. The molecule has 1 aromatic heterocycles. The van der Waals surface area contributed by atoms with Gasteiger partial charge < -0.3 is 24.4 Å². The van der Waals surface area contributed by atoms with E-state index in [0.29, 0.717) is 33.7 Å². The van der Waals surface area contributed by atoms with Gasteiger partial charge in [-0.2, -0.15) is 0 Å². The minimum Gasteiger partial charge on any atom is -0.493 e. The van der Waals surface area contributed by atoms with Crippen LogP contribution in [-0.4, -0.2) is 47.5 Å². The van der Waals surface area contributed by atoms with Gasteiger partial charge in [0.15, 0.2) is 11.5 Å². The first-order chi connectivity index (χ1) is 17.4.